The van der Waals surface area contributed by atoms with E-state index in [0.717, 1.165) is 4.90 Å². The molecule has 6 nitrogen and oxygen atoms in total. The van der Waals surface area contributed by atoms with Crippen LogP contribution in [-0.2, 0) is 11.3 Å². The highest BCUT2D eigenvalue weighted by Crippen LogP contribution is 2.30. The molecule has 1 aromatic carbocycles. The second-order valence-electron chi connectivity index (χ2n) is 6.32. The highest BCUT2D eigenvalue weighted by atomic mass is 35.5. The molecule has 0 unspecified atom stereocenters. The largest absolute Gasteiger partial charge is 0.329 e. The summed E-state index contributed by atoms with van der Waals surface area (Å²) in [5.41, 5.74) is 0.952. The van der Waals surface area contributed by atoms with Crippen molar-refractivity contribution in [3.05, 3.63) is 57.2 Å². The fourth-order valence-electron chi connectivity index (χ4n) is 2.97. The summed E-state index contributed by atoms with van der Waals surface area (Å²) in [6.45, 7) is -1.56. The number of benzene rings is 1. The molecule has 3 heterocycles. The first kappa shape index (κ1) is 17.9. The number of fused-ring (bicyclic) bond motifs is 1. The van der Waals surface area contributed by atoms with E-state index in [1.165, 1.54) is 27.7 Å². The van der Waals surface area contributed by atoms with Gasteiger partial charge in [-0.25, -0.2) is 13.3 Å². The van der Waals surface area contributed by atoms with Crippen molar-refractivity contribution < 1.29 is 13.6 Å². The number of nitrogens with zero attached hydrogens (tertiary/aromatic N) is 4. The molecule has 1 aliphatic rings. The molecule has 1 aliphatic heterocycles. The van der Waals surface area contributed by atoms with E-state index in [9.17, 15) is 18.4 Å². The number of aromatic nitrogens is 3. The van der Waals surface area contributed by atoms with Gasteiger partial charge in [-0.05, 0) is 17.7 Å². The molecule has 2 aromatic heterocycles. The summed E-state index contributed by atoms with van der Waals surface area (Å²) in [5, 5.41) is 4.86. The Bertz CT molecular complexity index is 1120. The van der Waals surface area contributed by atoms with Crippen LogP contribution in [0.5, 0.6) is 0 Å². The Morgan fingerprint density at radius 1 is 1.19 bits per heavy atom. The van der Waals surface area contributed by atoms with Crippen LogP contribution in [0.25, 0.3) is 16.6 Å². The number of carbonyl (C=O) groups is 1. The predicted octanol–water partition coefficient (Wildman–Crippen LogP) is 2.95. The van der Waals surface area contributed by atoms with Crippen molar-refractivity contribution in [3.63, 3.8) is 0 Å². The van der Waals surface area contributed by atoms with Crippen molar-refractivity contribution >= 4 is 34.6 Å². The Labute approximate surface area is 161 Å². The minimum absolute atomic E-state index is 0.248. The number of likely N-dealkylation sites (tertiary alicyclic amines) is 1. The van der Waals surface area contributed by atoms with E-state index in [1.807, 2.05) is 0 Å². The third kappa shape index (κ3) is 3.19. The molecule has 0 aliphatic carbocycles. The third-order valence-electron chi connectivity index (χ3n) is 4.38. The van der Waals surface area contributed by atoms with Crippen molar-refractivity contribution in [1.82, 2.24) is 19.1 Å². The first-order valence-electron chi connectivity index (χ1n) is 7.93. The summed E-state index contributed by atoms with van der Waals surface area (Å²) in [5.74, 6) is -3.39. The van der Waals surface area contributed by atoms with Crippen molar-refractivity contribution in [3.8, 4) is 11.1 Å². The highest BCUT2D eigenvalue weighted by molar-refractivity contribution is 6.42. The summed E-state index contributed by atoms with van der Waals surface area (Å²) in [7, 11) is 0. The molecule has 1 fully saturated rings. The minimum atomic E-state index is -2.85. The summed E-state index contributed by atoms with van der Waals surface area (Å²) in [6.07, 6.45) is 4.44. The average Bonchev–Trinajstić information content (AvgIpc) is 3.02. The number of rotatable bonds is 3. The number of hydrogen-bond acceptors (Lipinski definition) is 3. The van der Waals surface area contributed by atoms with E-state index < -0.39 is 30.5 Å². The fourth-order valence-corrected chi connectivity index (χ4v) is 3.27. The van der Waals surface area contributed by atoms with Crippen molar-refractivity contribution in [2.75, 3.05) is 13.1 Å². The molecule has 0 saturated carbocycles. The van der Waals surface area contributed by atoms with Gasteiger partial charge in [-0.3, -0.25) is 9.59 Å². The van der Waals surface area contributed by atoms with E-state index in [4.69, 9.17) is 23.2 Å². The Hall–Kier alpha value is -2.45. The molecule has 0 N–H and O–H groups in total. The van der Waals surface area contributed by atoms with Gasteiger partial charge in [0.15, 0.2) is 0 Å². The van der Waals surface area contributed by atoms with E-state index >= 15 is 0 Å². The summed E-state index contributed by atoms with van der Waals surface area (Å²) in [4.78, 5) is 26.0. The van der Waals surface area contributed by atoms with Crippen LogP contribution in [0.1, 0.15) is 0 Å². The summed E-state index contributed by atoms with van der Waals surface area (Å²) in [6, 6.07) is 4.93. The second-order valence-corrected chi connectivity index (χ2v) is 7.13. The molecule has 140 valence electrons. The topological polar surface area (TPSA) is 59.6 Å². The molecule has 0 atom stereocenters. The lowest BCUT2D eigenvalue weighted by molar-refractivity contribution is -0.166. The third-order valence-corrected chi connectivity index (χ3v) is 5.12. The molecule has 1 amide bonds. The molecular weight excluding hydrogens is 401 g/mol. The quantitative estimate of drug-likeness (QED) is 0.664. The fraction of sp³-hybridized carbons (Fsp3) is 0.235. The SMILES string of the molecule is O=C(Cn1ccn2ncc(-c3ccc(Cl)c(Cl)c3)c2c1=O)N1CC(F)(F)C1. The molecule has 4 rings (SSSR count). The zero-order chi connectivity index (χ0) is 19.3. The smallest absolute Gasteiger partial charge is 0.282 e. The molecule has 0 radical (unpaired) electrons. The normalized spacial score (nSPS) is 15.8. The zero-order valence-electron chi connectivity index (χ0n) is 13.7. The van der Waals surface area contributed by atoms with Crippen LogP contribution in [-0.4, -0.2) is 44.0 Å². The number of alkyl halides is 2. The van der Waals surface area contributed by atoms with Crippen LogP contribution in [0.3, 0.4) is 0 Å². The van der Waals surface area contributed by atoms with E-state index in [0.29, 0.717) is 21.2 Å². The molecule has 1 saturated heterocycles. The Morgan fingerprint density at radius 3 is 2.59 bits per heavy atom. The van der Waals surface area contributed by atoms with Crippen LogP contribution in [0.15, 0.2) is 41.6 Å². The molecular formula is C17H12Cl2F2N4O2. The predicted molar refractivity (Wildman–Crippen MR) is 96.4 cm³/mol. The van der Waals surface area contributed by atoms with Gasteiger partial charge in [0.2, 0.25) is 5.91 Å². The lowest BCUT2D eigenvalue weighted by Crippen LogP contribution is -2.59. The van der Waals surface area contributed by atoms with E-state index in [2.05, 4.69) is 5.10 Å². The highest BCUT2D eigenvalue weighted by Gasteiger charge is 2.46. The maximum atomic E-state index is 12.9. The summed E-state index contributed by atoms with van der Waals surface area (Å²) >= 11 is 12.0. The van der Waals surface area contributed by atoms with Gasteiger partial charge in [-0.1, -0.05) is 29.3 Å². The van der Waals surface area contributed by atoms with Gasteiger partial charge in [0.05, 0.1) is 29.3 Å². The molecule has 10 heteroatoms. The Balaban J connectivity index is 1.70. The Morgan fingerprint density at radius 2 is 1.93 bits per heavy atom. The molecule has 3 aromatic rings. The van der Waals surface area contributed by atoms with Crippen molar-refractivity contribution in [2.24, 2.45) is 0 Å². The maximum Gasteiger partial charge on any atom is 0.282 e. The molecule has 0 spiro atoms. The van der Waals surface area contributed by atoms with Gasteiger partial charge in [0.1, 0.15) is 12.1 Å². The van der Waals surface area contributed by atoms with E-state index in [-0.39, 0.29) is 12.1 Å². The summed E-state index contributed by atoms with van der Waals surface area (Å²) < 4.78 is 28.4. The number of hydrogen-bond donors (Lipinski definition) is 0. The van der Waals surface area contributed by atoms with Gasteiger partial charge >= 0.3 is 0 Å². The molecule has 27 heavy (non-hydrogen) atoms. The lowest BCUT2D eigenvalue weighted by Gasteiger charge is -2.38. The van der Waals surface area contributed by atoms with Gasteiger partial charge in [-0.15, -0.1) is 0 Å². The van der Waals surface area contributed by atoms with Crippen LogP contribution in [0.4, 0.5) is 8.78 Å². The Kier molecular flexibility index (Phi) is 4.20. The van der Waals surface area contributed by atoms with Gasteiger partial charge in [-0.2, -0.15) is 5.10 Å². The first-order valence-corrected chi connectivity index (χ1v) is 8.68. The monoisotopic (exact) mass is 412 g/mol. The van der Waals surface area contributed by atoms with Crippen molar-refractivity contribution in [1.29, 1.82) is 0 Å². The van der Waals surface area contributed by atoms with Crippen molar-refractivity contribution in [2.45, 2.75) is 12.5 Å². The van der Waals surface area contributed by atoms with Crippen LogP contribution >= 0.6 is 23.2 Å². The number of halogens is 4. The lowest BCUT2D eigenvalue weighted by atomic mass is 10.1. The van der Waals surface area contributed by atoms with Crippen LogP contribution in [0, 0.1) is 0 Å². The minimum Gasteiger partial charge on any atom is -0.329 e. The van der Waals surface area contributed by atoms with E-state index in [1.54, 1.807) is 18.2 Å². The first-order chi connectivity index (χ1) is 12.7. The number of amides is 1. The van der Waals surface area contributed by atoms with Crippen LogP contribution in [0.2, 0.25) is 10.0 Å². The maximum absolute atomic E-state index is 12.9. The number of carbonyl (C=O) groups excluding carboxylic acids is 1. The average molecular weight is 413 g/mol. The zero-order valence-corrected chi connectivity index (χ0v) is 15.2. The standard InChI is InChI=1S/C17H12Cl2F2N4O2/c18-12-2-1-10(5-13(12)19)11-6-22-25-4-3-23(16(27)15(11)25)7-14(26)24-8-17(20,21)9-24/h1-6H,7-9H2. The van der Waals surface area contributed by atoms with Crippen LogP contribution < -0.4 is 5.56 Å². The van der Waals surface area contributed by atoms with Gasteiger partial charge in [0.25, 0.3) is 11.5 Å². The molecule has 0 bridgehead atoms. The van der Waals surface area contributed by atoms with Gasteiger partial charge < -0.3 is 9.47 Å². The second kappa shape index (κ2) is 6.31. The van der Waals surface area contributed by atoms with Gasteiger partial charge in [0, 0.05) is 18.0 Å².